The van der Waals surface area contributed by atoms with Gasteiger partial charge in [-0.2, -0.15) is 0 Å². The number of anilines is 1. The van der Waals surface area contributed by atoms with E-state index in [0.29, 0.717) is 53.7 Å². The number of unbranched alkanes of at least 4 members (excludes halogenated alkanes) is 3. The summed E-state index contributed by atoms with van der Waals surface area (Å²) < 4.78 is 20.7. The van der Waals surface area contributed by atoms with E-state index >= 15 is 0 Å². The zero-order chi connectivity index (χ0) is 53.4. The standard InChI is InChI=1S/C55H69FN10O8S/c1-33-11-10-24-65(33)30-45-62-41-19-18-39(26-42(41)63-45)61-50(70)36-14-12-35(13-15-36)49(69)58-23-9-7-6-8-22-57-46(68)31-74-44-25-37(47-34(2)60-32-75-47)16-17-38(44)28-59-51(71)43-27-40(67)29-66(43)52(72)48(54(3,4)5)64-53(73)55(56)20-21-55/h12-19,25-26,32-33,40,43,48,67H,6-11,20-24,27-31H2,1-5H3,(H,57,68)(H,58,69)(H,59,71)(H,61,70)(H,62,63)(H,64,73)/t33-,40+,43-,48+/m0/s1. The molecule has 6 amide bonds. The number of carbonyl (C=O) groups is 6. The van der Waals surface area contributed by atoms with Crippen molar-refractivity contribution in [3.8, 4) is 16.2 Å². The molecule has 1 aliphatic carbocycles. The fraction of sp³-hybridized carbons (Fsp3) is 0.491. The number of H-pyrrole nitrogens is 1. The number of hydrogen-bond donors (Lipinski definition) is 7. The van der Waals surface area contributed by atoms with E-state index in [1.54, 1.807) is 62.7 Å². The van der Waals surface area contributed by atoms with Crippen LogP contribution in [0.2, 0.25) is 0 Å². The molecule has 0 radical (unpaired) electrons. The van der Waals surface area contributed by atoms with Gasteiger partial charge in [0.25, 0.3) is 23.6 Å². The summed E-state index contributed by atoms with van der Waals surface area (Å²) in [6.45, 7) is 11.6. The van der Waals surface area contributed by atoms with Crippen molar-refractivity contribution < 1.29 is 43.0 Å². The first-order valence-electron chi connectivity index (χ1n) is 26.0. The predicted molar refractivity (Wildman–Crippen MR) is 284 cm³/mol. The van der Waals surface area contributed by atoms with E-state index < -0.39 is 47.0 Å². The molecular formula is C55H69FN10O8S. The Labute approximate surface area is 440 Å². The molecule has 20 heteroatoms. The second kappa shape index (κ2) is 23.8. The smallest absolute Gasteiger partial charge is 0.258 e. The van der Waals surface area contributed by atoms with Crippen molar-refractivity contribution in [2.45, 2.75) is 135 Å². The van der Waals surface area contributed by atoms with Crippen LogP contribution in [0.25, 0.3) is 21.5 Å². The van der Waals surface area contributed by atoms with Crippen molar-refractivity contribution in [1.82, 2.24) is 46.0 Å². The Bertz CT molecular complexity index is 2880. The number of carbonyl (C=O) groups excluding carboxylic acids is 6. The van der Waals surface area contributed by atoms with Crippen molar-refractivity contribution in [2.75, 3.05) is 38.1 Å². The summed E-state index contributed by atoms with van der Waals surface area (Å²) in [6, 6.07) is 16.0. The van der Waals surface area contributed by atoms with E-state index in [4.69, 9.17) is 9.72 Å². The number of halogens is 1. The average molecular weight is 1050 g/mol. The zero-order valence-corrected chi connectivity index (χ0v) is 44.2. The largest absolute Gasteiger partial charge is 0.483 e. The monoisotopic (exact) mass is 1050 g/mol. The number of aryl methyl sites for hydroxylation is 1. The first-order valence-corrected chi connectivity index (χ1v) is 26.8. The summed E-state index contributed by atoms with van der Waals surface area (Å²) in [5.74, 6) is -1.54. The van der Waals surface area contributed by atoms with Crippen LogP contribution in [0, 0.1) is 12.3 Å². The summed E-state index contributed by atoms with van der Waals surface area (Å²) in [6.07, 6.45) is 4.65. The number of nitrogens with zero attached hydrogens (tertiary/aromatic N) is 4. The molecule has 400 valence electrons. The number of thiazole rings is 1. The Kier molecular flexibility index (Phi) is 17.3. The van der Waals surface area contributed by atoms with E-state index in [-0.39, 0.29) is 56.7 Å². The van der Waals surface area contributed by atoms with E-state index in [1.807, 2.05) is 31.2 Å². The number of aliphatic hydroxyl groups is 1. The lowest BCUT2D eigenvalue weighted by molar-refractivity contribution is -0.145. The number of aromatic amines is 1. The number of alkyl halides is 1. The summed E-state index contributed by atoms with van der Waals surface area (Å²) in [4.78, 5) is 96.4. The molecule has 75 heavy (non-hydrogen) atoms. The molecule has 0 bridgehead atoms. The van der Waals surface area contributed by atoms with Gasteiger partial charge in [-0.25, -0.2) is 14.4 Å². The number of fused-ring (bicyclic) bond motifs is 1. The summed E-state index contributed by atoms with van der Waals surface area (Å²) in [5.41, 5.74) is 4.34. The Morgan fingerprint density at radius 2 is 1.65 bits per heavy atom. The minimum atomic E-state index is -2.00. The fourth-order valence-corrected chi connectivity index (χ4v) is 10.3. The molecule has 5 aromatic rings. The number of β-amino-alcohol motifs (C(OH)–C–C–N with tert-alkyl or cyclic N) is 1. The molecule has 2 aromatic heterocycles. The van der Waals surface area contributed by atoms with Crippen molar-refractivity contribution in [1.29, 1.82) is 0 Å². The van der Waals surface area contributed by atoms with E-state index in [2.05, 4.69) is 48.4 Å². The van der Waals surface area contributed by atoms with Gasteiger partial charge in [-0.3, -0.25) is 33.7 Å². The Morgan fingerprint density at radius 3 is 2.32 bits per heavy atom. The predicted octanol–water partition coefficient (Wildman–Crippen LogP) is 6.33. The Morgan fingerprint density at radius 1 is 0.933 bits per heavy atom. The Balaban J connectivity index is 0.750. The molecule has 3 aliphatic rings. The van der Waals surface area contributed by atoms with Gasteiger partial charge in [0.1, 0.15) is 23.7 Å². The molecule has 8 rings (SSSR count). The molecule has 4 atom stereocenters. The number of benzene rings is 3. The molecule has 18 nitrogen and oxygen atoms in total. The fourth-order valence-electron chi connectivity index (χ4n) is 9.51. The zero-order valence-electron chi connectivity index (χ0n) is 43.4. The maximum Gasteiger partial charge on any atom is 0.258 e. The van der Waals surface area contributed by atoms with Crippen LogP contribution < -0.4 is 31.3 Å². The summed E-state index contributed by atoms with van der Waals surface area (Å²) in [5, 5.41) is 24.8. The van der Waals surface area contributed by atoms with Gasteiger partial charge in [0.05, 0.1) is 39.8 Å². The molecular weight excluding hydrogens is 980 g/mol. The number of hydrogen-bond acceptors (Lipinski definition) is 12. The Hall–Kier alpha value is -6.77. The van der Waals surface area contributed by atoms with Gasteiger partial charge in [-0.05, 0) is 118 Å². The summed E-state index contributed by atoms with van der Waals surface area (Å²) in [7, 11) is 0. The third kappa shape index (κ3) is 13.9. The highest BCUT2D eigenvalue weighted by Gasteiger charge is 2.53. The number of ether oxygens (including phenoxy) is 1. The molecule has 4 heterocycles. The first kappa shape index (κ1) is 54.5. The van der Waals surface area contributed by atoms with Crippen LogP contribution in [0.3, 0.4) is 0 Å². The normalized spacial score (nSPS) is 18.6. The first-order chi connectivity index (χ1) is 35.8. The third-order valence-corrected chi connectivity index (χ3v) is 15.2. The average Bonchev–Trinajstić information content (AvgIpc) is 3.77. The number of aliphatic hydroxyl groups excluding tert-OH is 1. The minimum Gasteiger partial charge on any atom is -0.483 e. The lowest BCUT2D eigenvalue weighted by atomic mass is 9.85. The van der Waals surface area contributed by atoms with Gasteiger partial charge in [0, 0.05) is 61.0 Å². The minimum absolute atomic E-state index is 0.0211. The van der Waals surface area contributed by atoms with E-state index in [1.165, 1.54) is 29.1 Å². The second-order valence-electron chi connectivity index (χ2n) is 21.2. The molecule has 2 aliphatic heterocycles. The maximum absolute atomic E-state index is 14.6. The van der Waals surface area contributed by atoms with Crippen LogP contribution in [0.5, 0.6) is 5.75 Å². The van der Waals surface area contributed by atoms with Crippen molar-refractivity contribution in [2.24, 2.45) is 5.41 Å². The maximum atomic E-state index is 14.6. The van der Waals surface area contributed by atoms with Gasteiger partial charge in [-0.1, -0.05) is 45.7 Å². The number of aromatic nitrogens is 3. The number of amides is 6. The van der Waals surface area contributed by atoms with E-state index in [9.17, 15) is 38.3 Å². The molecule has 3 aromatic carbocycles. The van der Waals surface area contributed by atoms with Crippen molar-refractivity contribution in [3.05, 3.63) is 94.4 Å². The van der Waals surface area contributed by atoms with Crippen LogP contribution in [0.4, 0.5) is 10.1 Å². The molecule has 0 unspecified atom stereocenters. The van der Waals surface area contributed by atoms with Crippen LogP contribution in [-0.2, 0) is 32.3 Å². The highest BCUT2D eigenvalue weighted by Crippen LogP contribution is 2.41. The van der Waals surface area contributed by atoms with Crippen molar-refractivity contribution >= 4 is 63.5 Å². The number of likely N-dealkylation sites (tertiary alicyclic amines) is 2. The van der Waals surface area contributed by atoms with Crippen LogP contribution in [0.1, 0.15) is 123 Å². The molecule has 0 spiro atoms. The third-order valence-electron chi connectivity index (χ3n) is 14.2. The molecule has 3 fully saturated rings. The molecule has 7 N–H and O–H groups in total. The van der Waals surface area contributed by atoms with E-state index in [0.717, 1.165) is 65.3 Å². The van der Waals surface area contributed by atoms with Gasteiger partial charge >= 0.3 is 0 Å². The van der Waals surface area contributed by atoms with Crippen LogP contribution >= 0.6 is 11.3 Å². The SMILES string of the molecule is Cc1ncsc1-c1ccc(CNC(=O)[C@@H]2C[C@@H](O)CN2C(=O)[C@@H](NC(=O)C2(F)CC2)C(C)(C)C)c(OCC(=O)NCCCCCCNC(=O)c2ccc(C(=O)Nc3ccc4[nH]c(CN5CCC[C@@H]5C)nc4c3)cc2)c1. The second-order valence-corrected chi connectivity index (χ2v) is 22.0. The lowest BCUT2D eigenvalue weighted by Gasteiger charge is -2.35. The van der Waals surface area contributed by atoms with Crippen molar-refractivity contribution in [3.63, 3.8) is 0 Å². The van der Waals surface area contributed by atoms with Gasteiger partial charge in [0.15, 0.2) is 12.3 Å². The van der Waals surface area contributed by atoms with Gasteiger partial charge < -0.3 is 46.3 Å². The summed E-state index contributed by atoms with van der Waals surface area (Å²) >= 11 is 1.46. The van der Waals surface area contributed by atoms with Crippen LogP contribution in [0.15, 0.2) is 66.2 Å². The highest BCUT2D eigenvalue weighted by atomic mass is 32.1. The lowest BCUT2D eigenvalue weighted by Crippen LogP contribution is -2.59. The highest BCUT2D eigenvalue weighted by molar-refractivity contribution is 7.13. The number of nitrogens with one attached hydrogen (secondary N) is 6. The number of imidazole rings is 1. The van der Waals surface area contributed by atoms with Gasteiger partial charge in [-0.15, -0.1) is 11.3 Å². The quantitative estimate of drug-likeness (QED) is 0.0378. The number of rotatable bonds is 22. The molecule has 2 saturated heterocycles. The molecule has 1 saturated carbocycles. The van der Waals surface area contributed by atoms with Crippen LogP contribution in [-0.4, -0.2) is 128 Å². The topological polar surface area (TPSA) is 240 Å². The van der Waals surface area contributed by atoms with Gasteiger partial charge in [0.2, 0.25) is 11.8 Å².